The van der Waals surface area contributed by atoms with Gasteiger partial charge in [0.05, 0.1) is 11.0 Å². The van der Waals surface area contributed by atoms with Gasteiger partial charge in [0.2, 0.25) is 0 Å². The molecule has 0 aliphatic heterocycles. The maximum Gasteiger partial charge on any atom is 0.107 e. The molecule has 15 heavy (non-hydrogen) atoms. The van der Waals surface area contributed by atoms with Crippen molar-refractivity contribution in [3.63, 3.8) is 0 Å². The van der Waals surface area contributed by atoms with E-state index in [2.05, 4.69) is 16.0 Å². The highest BCUT2D eigenvalue weighted by Crippen LogP contribution is 2.32. The Morgan fingerprint density at radius 1 is 1.40 bits per heavy atom. The summed E-state index contributed by atoms with van der Waals surface area (Å²) in [7, 11) is 0. The second kappa shape index (κ2) is 3.35. The summed E-state index contributed by atoms with van der Waals surface area (Å²) in [5.74, 6) is 2.00. The number of aromatic amines is 1. The molecule has 0 unspecified atom stereocenters. The van der Waals surface area contributed by atoms with Crippen LogP contribution in [-0.4, -0.2) is 9.97 Å². The molecule has 3 rings (SSSR count). The van der Waals surface area contributed by atoms with Crippen molar-refractivity contribution in [3.05, 3.63) is 29.6 Å². The summed E-state index contributed by atoms with van der Waals surface area (Å²) in [5, 5.41) is 0. The van der Waals surface area contributed by atoms with E-state index in [9.17, 15) is 0 Å². The largest absolute Gasteiger partial charge is 0.342 e. The van der Waals surface area contributed by atoms with Gasteiger partial charge in [0.15, 0.2) is 0 Å². The van der Waals surface area contributed by atoms with Gasteiger partial charge in [-0.05, 0) is 36.5 Å². The topological polar surface area (TPSA) is 54.7 Å². The van der Waals surface area contributed by atoms with Crippen molar-refractivity contribution in [1.82, 2.24) is 9.97 Å². The second-order valence-corrected chi connectivity index (χ2v) is 4.39. The van der Waals surface area contributed by atoms with Gasteiger partial charge in [-0.2, -0.15) is 0 Å². The van der Waals surface area contributed by atoms with Crippen LogP contribution in [-0.2, 0) is 13.0 Å². The van der Waals surface area contributed by atoms with Gasteiger partial charge in [-0.1, -0.05) is 6.07 Å². The van der Waals surface area contributed by atoms with Crippen LogP contribution in [0.5, 0.6) is 0 Å². The van der Waals surface area contributed by atoms with E-state index in [1.54, 1.807) is 0 Å². The Hall–Kier alpha value is -1.35. The molecule has 0 bridgehead atoms. The van der Waals surface area contributed by atoms with Gasteiger partial charge in [-0.25, -0.2) is 4.98 Å². The van der Waals surface area contributed by atoms with Crippen LogP contribution in [0.2, 0.25) is 0 Å². The van der Waals surface area contributed by atoms with E-state index in [0.29, 0.717) is 6.54 Å². The number of nitrogens with zero attached hydrogens (tertiary/aromatic N) is 1. The third-order valence-corrected chi connectivity index (χ3v) is 3.01. The van der Waals surface area contributed by atoms with Crippen LogP contribution in [0.3, 0.4) is 0 Å². The third-order valence-electron chi connectivity index (χ3n) is 3.01. The fraction of sp³-hybridized carbons (Fsp3) is 0.417. The Balaban J connectivity index is 1.97. The number of rotatable bonds is 3. The molecule has 2 aromatic rings. The summed E-state index contributed by atoms with van der Waals surface area (Å²) < 4.78 is 0. The normalized spacial score (nSPS) is 16.1. The van der Waals surface area contributed by atoms with Crippen LogP contribution in [0.25, 0.3) is 11.0 Å². The average molecular weight is 201 g/mol. The van der Waals surface area contributed by atoms with Gasteiger partial charge >= 0.3 is 0 Å². The lowest BCUT2D eigenvalue weighted by molar-refractivity contribution is 0.787. The first-order valence-corrected chi connectivity index (χ1v) is 5.53. The minimum absolute atomic E-state index is 0.590. The molecule has 0 radical (unpaired) electrons. The van der Waals surface area contributed by atoms with Crippen molar-refractivity contribution in [2.45, 2.75) is 25.8 Å². The standard InChI is InChI=1S/C12H15N3/c13-7-9-3-4-10-11(5-9)15-12(14-10)6-8-1-2-8/h3-5,8H,1-2,6-7,13H2,(H,14,15). The minimum Gasteiger partial charge on any atom is -0.342 e. The maximum atomic E-state index is 5.60. The fourth-order valence-electron chi connectivity index (χ4n) is 1.93. The zero-order chi connectivity index (χ0) is 10.3. The van der Waals surface area contributed by atoms with Crippen molar-refractivity contribution in [1.29, 1.82) is 0 Å². The molecule has 1 aliphatic carbocycles. The molecule has 0 atom stereocenters. The van der Waals surface area contributed by atoms with Gasteiger partial charge in [0, 0.05) is 13.0 Å². The SMILES string of the molecule is NCc1ccc2nc(CC3CC3)[nH]c2c1. The number of hydrogen-bond donors (Lipinski definition) is 2. The highest BCUT2D eigenvalue weighted by molar-refractivity contribution is 5.75. The number of nitrogens with two attached hydrogens (primary N) is 1. The number of imidazole rings is 1. The van der Waals surface area contributed by atoms with Crippen molar-refractivity contribution in [3.8, 4) is 0 Å². The predicted molar refractivity (Wildman–Crippen MR) is 60.4 cm³/mol. The van der Waals surface area contributed by atoms with Gasteiger partial charge in [0.25, 0.3) is 0 Å². The van der Waals surface area contributed by atoms with Crippen molar-refractivity contribution in [2.75, 3.05) is 0 Å². The highest BCUT2D eigenvalue weighted by Gasteiger charge is 2.22. The van der Waals surface area contributed by atoms with Crippen LogP contribution in [0.4, 0.5) is 0 Å². The average Bonchev–Trinajstić information content (AvgIpc) is 2.96. The minimum atomic E-state index is 0.590. The molecule has 0 amide bonds. The second-order valence-electron chi connectivity index (χ2n) is 4.39. The summed E-state index contributed by atoms with van der Waals surface area (Å²) in [6.07, 6.45) is 3.84. The maximum absolute atomic E-state index is 5.60. The first-order chi connectivity index (χ1) is 7.35. The molecule has 78 valence electrons. The Morgan fingerprint density at radius 2 is 2.27 bits per heavy atom. The number of aromatic nitrogens is 2. The Bertz CT molecular complexity index is 483. The first-order valence-electron chi connectivity index (χ1n) is 5.53. The lowest BCUT2D eigenvalue weighted by Crippen LogP contribution is -1.95. The van der Waals surface area contributed by atoms with E-state index in [0.717, 1.165) is 34.8 Å². The van der Waals surface area contributed by atoms with Crippen LogP contribution in [0, 0.1) is 5.92 Å². The monoisotopic (exact) mass is 201 g/mol. The van der Waals surface area contributed by atoms with Gasteiger partial charge in [-0.3, -0.25) is 0 Å². The van der Waals surface area contributed by atoms with Gasteiger partial charge < -0.3 is 10.7 Å². The molecule has 1 aromatic carbocycles. The molecule has 0 spiro atoms. The number of nitrogens with one attached hydrogen (secondary N) is 1. The Labute approximate surface area is 88.7 Å². The number of benzene rings is 1. The van der Waals surface area contributed by atoms with Gasteiger partial charge in [-0.15, -0.1) is 0 Å². The quantitative estimate of drug-likeness (QED) is 0.797. The van der Waals surface area contributed by atoms with Crippen LogP contribution in [0.15, 0.2) is 18.2 Å². The smallest absolute Gasteiger partial charge is 0.107 e. The van der Waals surface area contributed by atoms with E-state index in [-0.39, 0.29) is 0 Å². The molecule has 0 saturated heterocycles. The predicted octanol–water partition coefficient (Wildman–Crippen LogP) is 1.97. The molecule has 1 aromatic heterocycles. The van der Waals surface area contributed by atoms with Crippen molar-refractivity contribution < 1.29 is 0 Å². The van der Waals surface area contributed by atoms with E-state index in [4.69, 9.17) is 5.73 Å². The van der Waals surface area contributed by atoms with Gasteiger partial charge in [0.1, 0.15) is 5.82 Å². The van der Waals surface area contributed by atoms with Crippen molar-refractivity contribution >= 4 is 11.0 Å². The molecule has 1 aliphatic rings. The third kappa shape index (κ3) is 1.75. The molecular formula is C12H15N3. The zero-order valence-corrected chi connectivity index (χ0v) is 8.66. The van der Waals surface area contributed by atoms with Crippen molar-refractivity contribution in [2.24, 2.45) is 11.7 Å². The molecule has 3 nitrogen and oxygen atoms in total. The molecule has 3 heteroatoms. The summed E-state index contributed by atoms with van der Waals surface area (Å²) >= 11 is 0. The highest BCUT2D eigenvalue weighted by atomic mass is 14.9. The molecule has 3 N–H and O–H groups in total. The molecule has 1 saturated carbocycles. The molecule has 1 heterocycles. The summed E-state index contributed by atoms with van der Waals surface area (Å²) in [6.45, 7) is 0.590. The van der Waals surface area contributed by atoms with E-state index in [1.165, 1.54) is 12.8 Å². The Kier molecular flexibility index (Phi) is 1.99. The van der Waals surface area contributed by atoms with Crippen LogP contribution in [0.1, 0.15) is 24.2 Å². The number of H-pyrrole nitrogens is 1. The lowest BCUT2D eigenvalue weighted by atomic mass is 10.2. The molecular weight excluding hydrogens is 186 g/mol. The van der Waals surface area contributed by atoms with E-state index >= 15 is 0 Å². The lowest BCUT2D eigenvalue weighted by Gasteiger charge is -1.94. The summed E-state index contributed by atoms with van der Waals surface area (Å²) in [6, 6.07) is 6.19. The van der Waals surface area contributed by atoms with Crippen LogP contribution < -0.4 is 5.73 Å². The zero-order valence-electron chi connectivity index (χ0n) is 8.66. The summed E-state index contributed by atoms with van der Waals surface area (Å²) in [4.78, 5) is 7.95. The van der Waals surface area contributed by atoms with Crippen LogP contribution >= 0.6 is 0 Å². The van der Waals surface area contributed by atoms with E-state index in [1.807, 2.05) is 12.1 Å². The Morgan fingerprint density at radius 3 is 3.00 bits per heavy atom. The fourth-order valence-corrected chi connectivity index (χ4v) is 1.93. The number of hydrogen-bond acceptors (Lipinski definition) is 2. The van der Waals surface area contributed by atoms with E-state index < -0.39 is 0 Å². The molecule has 1 fully saturated rings. The number of fused-ring (bicyclic) bond motifs is 1. The first kappa shape index (κ1) is 8.92. The summed E-state index contributed by atoms with van der Waals surface area (Å²) in [5.41, 5.74) is 8.94.